The molecule has 0 radical (unpaired) electrons. The van der Waals surface area contributed by atoms with Gasteiger partial charge in [-0.15, -0.1) is 0 Å². The molecule has 0 aromatic rings. The predicted octanol–water partition coefficient (Wildman–Crippen LogP) is 20.5. The molecule has 0 unspecified atom stereocenters. The number of carbonyl (C=O) groups is 6. The summed E-state index contributed by atoms with van der Waals surface area (Å²) >= 11 is 0. The number of esters is 4. The van der Waals surface area contributed by atoms with Crippen LogP contribution in [0.25, 0.3) is 0 Å². The molecule has 1 rings (SSSR count). The van der Waals surface area contributed by atoms with Crippen molar-refractivity contribution in [2.75, 3.05) is 39.5 Å². The Balaban J connectivity index is 0.0000158. The van der Waals surface area contributed by atoms with Gasteiger partial charge in [-0.3, -0.25) is 33.3 Å². The SMILES string of the molecule is CCCCCCCCCCC[C@H](CC(=O)N[C@@H](CO)CO[C@@H]1O[C@H](COP(=O)(O)O)[C@@H](O)[C@H](OC(=O)C[C@@H](CCCCCCCCCCC)OC(=O)CCCCCCCCC)[C@H]1NC(=O)C[C@@H](CCCCCCCCCCC)OC(=O)CCCCCCCCC)OC(=O)CCCCCCCCC.CCN(CC)CC. The zero-order valence-electron chi connectivity index (χ0n) is 71.1. The maximum atomic E-state index is 14.8. The van der Waals surface area contributed by atoms with Gasteiger partial charge in [0.1, 0.15) is 36.6 Å². The van der Waals surface area contributed by atoms with E-state index in [0.717, 1.165) is 199 Å². The normalized spacial score (nSPS) is 16.9. The fraction of sp³-hybridized carbons (Fsp3) is 0.931. The first-order valence-electron chi connectivity index (χ1n) is 45.1. The molecular formula is C87H168N3O18P. The van der Waals surface area contributed by atoms with E-state index in [9.17, 15) is 53.3 Å². The number of aliphatic hydroxyl groups excluding tert-OH is 2. The molecule has 0 saturated carbocycles. The number of phosphoric acid groups is 1. The van der Waals surface area contributed by atoms with Crippen molar-refractivity contribution >= 4 is 43.5 Å². The van der Waals surface area contributed by atoms with Gasteiger partial charge in [-0.1, -0.05) is 332 Å². The van der Waals surface area contributed by atoms with Crippen molar-refractivity contribution in [2.24, 2.45) is 0 Å². The number of aliphatic hydroxyl groups is 2. The molecule has 0 bridgehead atoms. The van der Waals surface area contributed by atoms with E-state index in [1.54, 1.807) is 0 Å². The molecule has 0 aliphatic carbocycles. The van der Waals surface area contributed by atoms with E-state index in [1.807, 2.05) is 0 Å². The van der Waals surface area contributed by atoms with Crippen molar-refractivity contribution in [1.82, 2.24) is 15.5 Å². The lowest BCUT2D eigenvalue weighted by Gasteiger charge is -2.44. The van der Waals surface area contributed by atoms with Crippen LogP contribution in [0, 0.1) is 0 Å². The number of hydrogen-bond donors (Lipinski definition) is 6. The minimum absolute atomic E-state index is 0.167. The lowest BCUT2D eigenvalue weighted by atomic mass is 9.96. The first-order chi connectivity index (χ1) is 52.8. The van der Waals surface area contributed by atoms with Crippen LogP contribution in [-0.4, -0.2) is 155 Å². The highest BCUT2D eigenvalue weighted by atomic mass is 31.2. The molecule has 0 aromatic heterocycles. The fourth-order valence-electron chi connectivity index (χ4n) is 14.1. The highest BCUT2D eigenvalue weighted by Gasteiger charge is 2.50. The highest BCUT2D eigenvalue weighted by molar-refractivity contribution is 7.46. The second kappa shape index (κ2) is 74.8. The van der Waals surface area contributed by atoms with Crippen LogP contribution < -0.4 is 10.6 Å². The van der Waals surface area contributed by atoms with Gasteiger partial charge in [0.25, 0.3) is 0 Å². The molecule has 0 spiro atoms. The van der Waals surface area contributed by atoms with Crippen LogP contribution in [0.2, 0.25) is 0 Å². The first-order valence-corrected chi connectivity index (χ1v) is 46.7. The molecule has 6 N–H and O–H groups in total. The third-order valence-electron chi connectivity index (χ3n) is 21.0. The average molecular weight is 1580 g/mol. The van der Waals surface area contributed by atoms with Crippen LogP contribution in [0.15, 0.2) is 0 Å². The van der Waals surface area contributed by atoms with E-state index in [4.69, 9.17) is 32.9 Å². The number of unbranched alkanes of at least 4 members (excludes halogenated alkanes) is 42. The number of carbonyl (C=O) groups excluding carboxylic acids is 6. The third kappa shape index (κ3) is 63.7. The predicted molar refractivity (Wildman–Crippen MR) is 440 cm³/mol. The summed E-state index contributed by atoms with van der Waals surface area (Å²) in [6, 6.07) is -2.72. The van der Waals surface area contributed by atoms with Crippen LogP contribution >= 0.6 is 7.82 Å². The molecule has 1 heterocycles. The summed E-state index contributed by atoms with van der Waals surface area (Å²) in [5.41, 5.74) is 0. The van der Waals surface area contributed by atoms with Gasteiger partial charge in [0.2, 0.25) is 11.8 Å². The summed E-state index contributed by atoms with van der Waals surface area (Å²) in [5, 5.41) is 28.8. The third-order valence-corrected chi connectivity index (χ3v) is 21.5. The summed E-state index contributed by atoms with van der Waals surface area (Å²) in [7, 11) is -5.22. The monoisotopic (exact) mass is 1570 g/mol. The molecule has 9 atom stereocenters. The average Bonchev–Trinajstić information content (AvgIpc) is 0.790. The van der Waals surface area contributed by atoms with Gasteiger partial charge in [0.15, 0.2) is 12.4 Å². The van der Waals surface area contributed by atoms with E-state index in [2.05, 4.69) is 77.8 Å². The molecule has 22 heteroatoms. The van der Waals surface area contributed by atoms with Crippen molar-refractivity contribution < 1.29 is 86.3 Å². The van der Waals surface area contributed by atoms with Gasteiger partial charge in [-0.05, 0) is 77.4 Å². The van der Waals surface area contributed by atoms with E-state index >= 15 is 0 Å². The topological polar surface area (TPSA) is 292 Å². The highest BCUT2D eigenvalue weighted by Crippen LogP contribution is 2.38. The first kappa shape index (κ1) is 106. The molecule has 1 aliphatic rings. The Morgan fingerprint density at radius 2 is 0.716 bits per heavy atom. The van der Waals surface area contributed by atoms with E-state index in [-0.39, 0.29) is 38.1 Å². The van der Waals surface area contributed by atoms with Gasteiger partial charge in [0, 0.05) is 19.3 Å². The smallest absolute Gasteiger partial charge is 0.462 e. The Labute approximate surface area is 664 Å². The number of phosphoric ester groups is 1. The maximum absolute atomic E-state index is 14.8. The zero-order valence-corrected chi connectivity index (χ0v) is 72.0. The number of nitrogens with zero attached hydrogens (tertiary/aromatic N) is 1. The van der Waals surface area contributed by atoms with Crippen molar-refractivity contribution in [3.05, 3.63) is 0 Å². The number of amides is 2. The maximum Gasteiger partial charge on any atom is 0.469 e. The molecule has 1 aliphatic heterocycles. The molecule has 644 valence electrons. The number of hydrogen-bond acceptors (Lipinski definition) is 17. The largest absolute Gasteiger partial charge is 0.469 e. The van der Waals surface area contributed by atoms with Crippen molar-refractivity contribution in [3.8, 4) is 0 Å². The van der Waals surface area contributed by atoms with Crippen molar-refractivity contribution in [1.29, 1.82) is 0 Å². The Bertz CT molecular complexity index is 2190. The molecule has 2 amide bonds. The van der Waals surface area contributed by atoms with Crippen LogP contribution in [0.5, 0.6) is 0 Å². The van der Waals surface area contributed by atoms with Crippen LogP contribution in [0.4, 0.5) is 0 Å². The van der Waals surface area contributed by atoms with Gasteiger partial charge >= 0.3 is 31.7 Å². The minimum atomic E-state index is -5.22. The second-order valence-electron chi connectivity index (χ2n) is 31.2. The van der Waals surface area contributed by atoms with Gasteiger partial charge in [0.05, 0.1) is 45.1 Å². The van der Waals surface area contributed by atoms with E-state index < -0.39 is 119 Å². The van der Waals surface area contributed by atoms with E-state index in [1.165, 1.54) is 96.7 Å². The second-order valence-corrected chi connectivity index (χ2v) is 32.4. The fourth-order valence-corrected chi connectivity index (χ4v) is 14.4. The minimum Gasteiger partial charge on any atom is -0.462 e. The molecule has 21 nitrogen and oxygen atoms in total. The summed E-state index contributed by atoms with van der Waals surface area (Å²) in [5.74, 6) is -3.39. The Hall–Kier alpha value is -3.27. The molecule has 1 fully saturated rings. The Morgan fingerprint density at radius 1 is 0.413 bits per heavy atom. The van der Waals surface area contributed by atoms with Crippen LogP contribution in [-0.2, 0) is 66.3 Å². The lowest BCUT2D eigenvalue weighted by Crippen LogP contribution is -2.66. The molecule has 1 saturated heterocycles. The van der Waals surface area contributed by atoms with Gasteiger partial charge in [-0.25, -0.2) is 4.57 Å². The molecular weight excluding hydrogens is 1410 g/mol. The van der Waals surface area contributed by atoms with Crippen LogP contribution in [0.3, 0.4) is 0 Å². The van der Waals surface area contributed by atoms with Crippen LogP contribution in [0.1, 0.15) is 428 Å². The number of nitrogens with one attached hydrogen (secondary N) is 2. The Kier molecular flexibility index (Phi) is 72.6. The standard InChI is InChI=1S/C81H153N2O18P.C6H15N/c1-7-13-19-25-31-34-40-43-49-55-68(97-74(87)58-52-46-37-28-22-16-10-4)61-72(85)82-67(64-84)65-95-81-78(83-73(86)62-69(56-50-44-41-35-32-26-20-14-8-2)98-75(88)59-53-47-38-29-23-17-11-5)80(79(91)71(100-81)66-96-102(92,93)94)101-77(90)63-70(57-51-45-42-36-33-27-21-15-9-3)99-76(89)60-54-48-39-30-24-18-12-6;1-4-7(5-2)6-3/h67-71,78-81,84,91H,7-66H2,1-6H3,(H,82,85)(H,83,86)(H2,92,93,94);4-6H2,1-3H3/t67-,68+,69+,70+,71+,78+,79+,80+,81+;/m0./s1. The summed E-state index contributed by atoms with van der Waals surface area (Å²) < 4.78 is 54.1. The summed E-state index contributed by atoms with van der Waals surface area (Å²) in [6.45, 7) is 21.1. The zero-order chi connectivity index (χ0) is 80.6. The quantitative estimate of drug-likeness (QED) is 0.0143. The Morgan fingerprint density at radius 3 is 1.02 bits per heavy atom. The molecule has 0 aromatic carbocycles. The van der Waals surface area contributed by atoms with E-state index in [0.29, 0.717) is 51.4 Å². The summed E-state index contributed by atoms with van der Waals surface area (Å²) in [4.78, 5) is 106. The number of rotatable bonds is 76. The van der Waals surface area contributed by atoms with Crippen molar-refractivity contribution in [2.45, 2.75) is 483 Å². The van der Waals surface area contributed by atoms with Gasteiger partial charge < -0.3 is 64.0 Å². The molecule has 109 heavy (non-hydrogen) atoms. The summed E-state index contributed by atoms with van der Waals surface area (Å²) in [6.07, 6.45) is 41.1. The number of ether oxygens (including phenoxy) is 6. The van der Waals surface area contributed by atoms with Crippen molar-refractivity contribution in [3.63, 3.8) is 0 Å². The van der Waals surface area contributed by atoms with Gasteiger partial charge in [-0.2, -0.15) is 0 Å². The lowest BCUT2D eigenvalue weighted by molar-refractivity contribution is -0.274.